The van der Waals surface area contributed by atoms with Gasteiger partial charge in [-0.25, -0.2) is 0 Å². The first kappa shape index (κ1) is 15.2. The summed E-state index contributed by atoms with van der Waals surface area (Å²) in [5, 5.41) is 0.666. The Labute approximate surface area is 131 Å². The summed E-state index contributed by atoms with van der Waals surface area (Å²) in [6.45, 7) is 0.917. The minimum atomic E-state index is -0.0541. The van der Waals surface area contributed by atoms with Crippen molar-refractivity contribution in [1.82, 2.24) is 4.90 Å². The molecule has 0 aliphatic carbocycles. The van der Waals surface area contributed by atoms with E-state index in [2.05, 4.69) is 0 Å². The summed E-state index contributed by atoms with van der Waals surface area (Å²) in [6.07, 6.45) is 0. The van der Waals surface area contributed by atoms with Crippen molar-refractivity contribution in [2.24, 2.45) is 0 Å². The molecule has 1 amide bonds. The molecule has 0 radical (unpaired) electrons. The standard InChI is InChI=1S/C14H13Cl2NO2S/c1-17(14(18)12-6-7-13(16)20-12)8-9-19-11-4-2-10(15)3-5-11/h2-7H,8-9H2,1H3. The lowest BCUT2D eigenvalue weighted by Crippen LogP contribution is -2.30. The second kappa shape index (κ2) is 6.97. The van der Waals surface area contributed by atoms with E-state index >= 15 is 0 Å². The topological polar surface area (TPSA) is 29.5 Å². The Kier molecular flexibility index (Phi) is 5.29. The van der Waals surface area contributed by atoms with Gasteiger partial charge in [0.15, 0.2) is 0 Å². The Balaban J connectivity index is 1.81. The molecular formula is C14H13Cl2NO2S. The van der Waals surface area contributed by atoms with Crippen LogP contribution in [0.5, 0.6) is 5.75 Å². The highest BCUT2D eigenvalue weighted by Gasteiger charge is 2.13. The molecule has 1 aromatic heterocycles. The maximum Gasteiger partial charge on any atom is 0.263 e. The molecule has 0 bridgehead atoms. The van der Waals surface area contributed by atoms with Crippen LogP contribution in [0.3, 0.4) is 0 Å². The molecule has 0 saturated heterocycles. The van der Waals surface area contributed by atoms with Gasteiger partial charge in [0.1, 0.15) is 12.4 Å². The number of thiophene rings is 1. The molecule has 0 unspecified atom stereocenters. The van der Waals surface area contributed by atoms with Crippen LogP contribution < -0.4 is 4.74 Å². The molecule has 106 valence electrons. The molecule has 1 aromatic carbocycles. The zero-order valence-corrected chi connectivity index (χ0v) is 13.1. The maximum absolute atomic E-state index is 12.0. The number of carbonyl (C=O) groups excluding carboxylic acids is 1. The van der Waals surface area contributed by atoms with Crippen LogP contribution in [0.15, 0.2) is 36.4 Å². The van der Waals surface area contributed by atoms with E-state index in [4.69, 9.17) is 27.9 Å². The van der Waals surface area contributed by atoms with E-state index in [9.17, 15) is 4.79 Å². The monoisotopic (exact) mass is 329 g/mol. The fourth-order valence-corrected chi connectivity index (χ4v) is 2.71. The van der Waals surface area contributed by atoms with E-state index in [0.717, 1.165) is 5.75 Å². The van der Waals surface area contributed by atoms with Gasteiger partial charge < -0.3 is 9.64 Å². The number of nitrogens with zero attached hydrogens (tertiary/aromatic N) is 1. The molecule has 6 heteroatoms. The third-order valence-corrected chi connectivity index (χ3v) is 4.11. The van der Waals surface area contributed by atoms with Gasteiger partial charge in [0, 0.05) is 12.1 Å². The smallest absolute Gasteiger partial charge is 0.263 e. The van der Waals surface area contributed by atoms with Gasteiger partial charge >= 0.3 is 0 Å². The average Bonchev–Trinajstić information content (AvgIpc) is 2.86. The van der Waals surface area contributed by atoms with Gasteiger partial charge in [-0.2, -0.15) is 0 Å². The summed E-state index contributed by atoms with van der Waals surface area (Å²) in [6, 6.07) is 10.6. The van der Waals surface area contributed by atoms with Gasteiger partial charge in [0.25, 0.3) is 5.91 Å². The third-order valence-electron chi connectivity index (χ3n) is 2.64. The molecule has 0 N–H and O–H groups in total. The number of rotatable bonds is 5. The normalized spacial score (nSPS) is 10.3. The van der Waals surface area contributed by atoms with Crippen molar-refractivity contribution in [3.8, 4) is 5.75 Å². The highest BCUT2D eigenvalue weighted by Crippen LogP contribution is 2.22. The first-order chi connectivity index (χ1) is 9.56. The number of benzene rings is 1. The Morgan fingerprint density at radius 2 is 1.90 bits per heavy atom. The van der Waals surface area contributed by atoms with Crippen LogP contribution in [-0.4, -0.2) is 31.0 Å². The van der Waals surface area contributed by atoms with E-state index in [1.807, 2.05) is 0 Å². The lowest BCUT2D eigenvalue weighted by Gasteiger charge is -2.16. The molecule has 20 heavy (non-hydrogen) atoms. The lowest BCUT2D eigenvalue weighted by atomic mass is 10.3. The van der Waals surface area contributed by atoms with E-state index in [1.54, 1.807) is 48.3 Å². The molecule has 0 spiro atoms. The van der Waals surface area contributed by atoms with Gasteiger partial charge in [-0.3, -0.25) is 4.79 Å². The Bertz CT molecular complexity index is 583. The molecule has 0 aliphatic rings. The van der Waals surface area contributed by atoms with Crippen LogP contribution in [0.25, 0.3) is 0 Å². The van der Waals surface area contributed by atoms with Crippen LogP contribution in [0.2, 0.25) is 9.36 Å². The Hall–Kier alpha value is -1.23. The molecule has 0 aliphatic heterocycles. The first-order valence-corrected chi connectivity index (χ1v) is 7.52. The van der Waals surface area contributed by atoms with Crippen molar-refractivity contribution in [3.63, 3.8) is 0 Å². The Morgan fingerprint density at radius 3 is 2.50 bits per heavy atom. The zero-order valence-electron chi connectivity index (χ0n) is 10.8. The summed E-state index contributed by atoms with van der Waals surface area (Å²) < 4.78 is 6.16. The number of hydrogen-bond acceptors (Lipinski definition) is 3. The summed E-state index contributed by atoms with van der Waals surface area (Å²) >= 11 is 12.9. The van der Waals surface area contributed by atoms with Gasteiger partial charge in [0.2, 0.25) is 0 Å². The number of hydrogen-bond donors (Lipinski definition) is 0. The number of halogens is 2. The minimum Gasteiger partial charge on any atom is -0.492 e. The van der Waals surface area contributed by atoms with E-state index in [0.29, 0.717) is 27.4 Å². The quantitative estimate of drug-likeness (QED) is 0.822. The summed E-state index contributed by atoms with van der Waals surface area (Å²) in [4.78, 5) is 14.3. The van der Waals surface area contributed by atoms with Gasteiger partial charge in [-0.05, 0) is 36.4 Å². The van der Waals surface area contributed by atoms with E-state index < -0.39 is 0 Å². The fraction of sp³-hybridized carbons (Fsp3) is 0.214. The predicted octanol–water partition coefficient (Wildman–Crippen LogP) is 4.21. The van der Waals surface area contributed by atoms with E-state index in [1.165, 1.54) is 11.3 Å². The minimum absolute atomic E-state index is 0.0541. The fourth-order valence-electron chi connectivity index (χ4n) is 1.55. The van der Waals surface area contributed by atoms with Crippen LogP contribution in [0, 0.1) is 0 Å². The molecule has 2 rings (SSSR count). The van der Waals surface area contributed by atoms with Crippen molar-refractivity contribution in [3.05, 3.63) is 50.6 Å². The highest BCUT2D eigenvalue weighted by molar-refractivity contribution is 7.17. The number of amides is 1. The van der Waals surface area contributed by atoms with Crippen LogP contribution in [-0.2, 0) is 0 Å². The van der Waals surface area contributed by atoms with Crippen molar-refractivity contribution in [2.75, 3.05) is 20.2 Å². The summed E-state index contributed by atoms with van der Waals surface area (Å²) in [5.74, 6) is 0.677. The predicted molar refractivity (Wildman–Crippen MR) is 83.2 cm³/mol. The lowest BCUT2D eigenvalue weighted by molar-refractivity contribution is 0.0778. The number of ether oxygens (including phenoxy) is 1. The summed E-state index contributed by atoms with van der Waals surface area (Å²) in [7, 11) is 1.74. The molecule has 0 atom stereocenters. The van der Waals surface area contributed by atoms with Crippen molar-refractivity contribution in [1.29, 1.82) is 0 Å². The first-order valence-electron chi connectivity index (χ1n) is 5.95. The average molecular weight is 330 g/mol. The number of likely N-dealkylation sites (N-methyl/N-ethyl adjacent to an activating group) is 1. The van der Waals surface area contributed by atoms with Crippen LogP contribution >= 0.6 is 34.5 Å². The van der Waals surface area contributed by atoms with Crippen LogP contribution in [0.4, 0.5) is 0 Å². The second-order valence-corrected chi connectivity index (χ2v) is 6.28. The zero-order chi connectivity index (χ0) is 14.5. The summed E-state index contributed by atoms with van der Waals surface area (Å²) in [5.41, 5.74) is 0. The van der Waals surface area contributed by atoms with Gasteiger partial charge in [-0.1, -0.05) is 23.2 Å². The molecule has 3 nitrogen and oxygen atoms in total. The SMILES string of the molecule is CN(CCOc1ccc(Cl)cc1)C(=O)c1ccc(Cl)s1. The second-order valence-electron chi connectivity index (χ2n) is 4.13. The van der Waals surface area contributed by atoms with Gasteiger partial charge in [-0.15, -0.1) is 11.3 Å². The molecule has 0 saturated carbocycles. The van der Waals surface area contributed by atoms with Crippen molar-refractivity contribution >= 4 is 40.4 Å². The highest BCUT2D eigenvalue weighted by atomic mass is 35.5. The van der Waals surface area contributed by atoms with Gasteiger partial charge in [0.05, 0.1) is 15.8 Å². The Morgan fingerprint density at radius 1 is 1.20 bits per heavy atom. The number of carbonyl (C=O) groups is 1. The van der Waals surface area contributed by atoms with Crippen molar-refractivity contribution in [2.45, 2.75) is 0 Å². The van der Waals surface area contributed by atoms with E-state index in [-0.39, 0.29) is 5.91 Å². The molecule has 0 fully saturated rings. The third kappa shape index (κ3) is 4.13. The van der Waals surface area contributed by atoms with Crippen molar-refractivity contribution < 1.29 is 9.53 Å². The molecule has 1 heterocycles. The van der Waals surface area contributed by atoms with Crippen LogP contribution in [0.1, 0.15) is 9.67 Å². The molecular weight excluding hydrogens is 317 g/mol. The largest absolute Gasteiger partial charge is 0.492 e. The maximum atomic E-state index is 12.0. The molecule has 2 aromatic rings.